The zero-order valence-electron chi connectivity index (χ0n) is 13.9. The number of hydrogen-bond acceptors (Lipinski definition) is 3. The van der Waals surface area contributed by atoms with Crippen LogP contribution in [0.5, 0.6) is 0 Å². The fraction of sp³-hybridized carbons (Fsp3) is 0.389. The van der Waals surface area contributed by atoms with Gasteiger partial charge >= 0.3 is 6.18 Å². The largest absolute Gasteiger partial charge is 0.417 e. The predicted molar refractivity (Wildman–Crippen MR) is 88.1 cm³/mol. The third kappa shape index (κ3) is 2.77. The minimum Gasteiger partial charge on any atom is -0.311 e. The van der Waals surface area contributed by atoms with Crippen molar-refractivity contribution in [3.8, 4) is 11.5 Å². The first-order chi connectivity index (χ1) is 11.9. The highest BCUT2D eigenvalue weighted by molar-refractivity contribution is 5.77. The number of nitrogens with zero attached hydrogens (tertiary/aromatic N) is 4. The van der Waals surface area contributed by atoms with E-state index in [-0.39, 0.29) is 5.52 Å². The Balaban J connectivity index is 1.85. The van der Waals surface area contributed by atoms with E-state index in [0.29, 0.717) is 23.1 Å². The van der Waals surface area contributed by atoms with Crippen LogP contribution in [0.1, 0.15) is 42.4 Å². The molecule has 0 unspecified atom stereocenters. The SMILES string of the molecule is CCc1cc(C2CC2)cnc1-c1nc2cc(C(F)(F)F)cnc2n1C. The first-order valence-corrected chi connectivity index (χ1v) is 8.27. The van der Waals surface area contributed by atoms with Gasteiger partial charge in [0.1, 0.15) is 11.2 Å². The van der Waals surface area contributed by atoms with Crippen LogP contribution in [0.3, 0.4) is 0 Å². The van der Waals surface area contributed by atoms with Crippen molar-refractivity contribution in [2.24, 2.45) is 7.05 Å². The lowest BCUT2D eigenvalue weighted by atomic mass is 10.1. The van der Waals surface area contributed by atoms with Gasteiger partial charge in [0.05, 0.1) is 5.56 Å². The molecule has 130 valence electrons. The summed E-state index contributed by atoms with van der Waals surface area (Å²) in [5.41, 5.74) is 2.84. The van der Waals surface area contributed by atoms with E-state index in [0.717, 1.165) is 24.2 Å². The van der Waals surface area contributed by atoms with Crippen LogP contribution < -0.4 is 0 Å². The zero-order valence-corrected chi connectivity index (χ0v) is 13.9. The van der Waals surface area contributed by atoms with Crippen LogP contribution in [0.2, 0.25) is 0 Å². The number of rotatable bonds is 3. The number of aromatic nitrogens is 4. The number of alkyl halides is 3. The minimum atomic E-state index is -4.43. The Morgan fingerprint density at radius 2 is 1.92 bits per heavy atom. The lowest BCUT2D eigenvalue weighted by molar-refractivity contribution is -0.137. The summed E-state index contributed by atoms with van der Waals surface area (Å²) in [6.07, 6.45) is 1.45. The molecule has 25 heavy (non-hydrogen) atoms. The second-order valence-electron chi connectivity index (χ2n) is 6.46. The van der Waals surface area contributed by atoms with Gasteiger partial charge in [-0.25, -0.2) is 9.97 Å². The molecule has 0 saturated heterocycles. The fourth-order valence-electron chi connectivity index (χ4n) is 3.08. The molecule has 0 aliphatic heterocycles. The lowest BCUT2D eigenvalue weighted by Gasteiger charge is -2.09. The Morgan fingerprint density at radius 1 is 1.16 bits per heavy atom. The Labute approximate surface area is 142 Å². The van der Waals surface area contributed by atoms with Crippen LogP contribution >= 0.6 is 0 Å². The van der Waals surface area contributed by atoms with Gasteiger partial charge in [0, 0.05) is 19.4 Å². The smallest absolute Gasteiger partial charge is 0.311 e. The second-order valence-corrected chi connectivity index (χ2v) is 6.46. The highest BCUT2D eigenvalue weighted by atomic mass is 19.4. The molecule has 3 aromatic rings. The predicted octanol–water partition coefficient (Wildman–Crippen LogP) is 4.49. The average Bonchev–Trinajstić information content (AvgIpc) is 3.38. The van der Waals surface area contributed by atoms with Crippen molar-refractivity contribution in [2.45, 2.75) is 38.3 Å². The molecule has 0 radical (unpaired) electrons. The third-order valence-electron chi connectivity index (χ3n) is 4.67. The molecular weight excluding hydrogens is 329 g/mol. The molecule has 0 amide bonds. The van der Waals surface area contributed by atoms with Gasteiger partial charge in [-0.05, 0) is 42.4 Å². The Bertz CT molecular complexity index is 955. The maximum atomic E-state index is 12.9. The van der Waals surface area contributed by atoms with Crippen LogP contribution in [-0.2, 0) is 19.6 Å². The maximum Gasteiger partial charge on any atom is 0.417 e. The van der Waals surface area contributed by atoms with E-state index in [1.165, 1.54) is 18.4 Å². The normalized spacial score (nSPS) is 15.1. The van der Waals surface area contributed by atoms with E-state index in [9.17, 15) is 13.2 Å². The number of halogens is 3. The number of imidazole rings is 1. The average molecular weight is 346 g/mol. The van der Waals surface area contributed by atoms with Gasteiger partial charge < -0.3 is 4.57 Å². The van der Waals surface area contributed by atoms with Crippen LogP contribution in [0.15, 0.2) is 24.5 Å². The molecule has 3 heterocycles. The van der Waals surface area contributed by atoms with Crippen LogP contribution in [0.4, 0.5) is 13.2 Å². The van der Waals surface area contributed by atoms with Crippen molar-refractivity contribution in [3.05, 3.63) is 41.2 Å². The van der Waals surface area contributed by atoms with E-state index >= 15 is 0 Å². The molecule has 1 fully saturated rings. The molecule has 4 rings (SSSR count). The first kappa shape index (κ1) is 16.1. The van der Waals surface area contributed by atoms with E-state index in [4.69, 9.17) is 0 Å². The molecule has 7 heteroatoms. The van der Waals surface area contributed by atoms with E-state index in [2.05, 4.69) is 21.0 Å². The van der Waals surface area contributed by atoms with Crippen LogP contribution in [0.25, 0.3) is 22.7 Å². The van der Waals surface area contributed by atoms with E-state index in [1.54, 1.807) is 11.6 Å². The first-order valence-electron chi connectivity index (χ1n) is 8.27. The molecule has 0 N–H and O–H groups in total. The van der Waals surface area contributed by atoms with Crippen LogP contribution in [-0.4, -0.2) is 19.5 Å². The Hall–Kier alpha value is -2.44. The van der Waals surface area contributed by atoms with Crippen molar-refractivity contribution in [1.82, 2.24) is 19.5 Å². The Morgan fingerprint density at radius 3 is 2.56 bits per heavy atom. The van der Waals surface area contributed by atoms with Crippen molar-refractivity contribution in [1.29, 1.82) is 0 Å². The summed E-state index contributed by atoms with van der Waals surface area (Å²) in [6.45, 7) is 2.04. The zero-order chi connectivity index (χ0) is 17.8. The lowest BCUT2D eigenvalue weighted by Crippen LogP contribution is -2.05. The summed E-state index contributed by atoms with van der Waals surface area (Å²) in [5.74, 6) is 1.14. The molecular formula is C18H17F3N4. The monoisotopic (exact) mass is 346 g/mol. The van der Waals surface area contributed by atoms with Gasteiger partial charge in [0.2, 0.25) is 0 Å². The molecule has 1 saturated carbocycles. The number of aryl methyl sites for hydroxylation is 2. The summed E-state index contributed by atoms with van der Waals surface area (Å²) >= 11 is 0. The van der Waals surface area contributed by atoms with Gasteiger partial charge in [-0.15, -0.1) is 0 Å². The van der Waals surface area contributed by atoms with E-state index < -0.39 is 11.7 Å². The second kappa shape index (κ2) is 5.54. The molecule has 1 aliphatic rings. The van der Waals surface area contributed by atoms with Gasteiger partial charge in [0.25, 0.3) is 0 Å². The molecule has 1 aliphatic carbocycles. The number of hydrogen-bond donors (Lipinski definition) is 0. The van der Waals surface area contributed by atoms with Gasteiger partial charge in [-0.2, -0.15) is 13.2 Å². The van der Waals surface area contributed by atoms with Gasteiger partial charge in [-0.1, -0.05) is 13.0 Å². The molecule has 3 aromatic heterocycles. The topological polar surface area (TPSA) is 43.6 Å². The molecule has 0 aromatic carbocycles. The highest BCUT2D eigenvalue weighted by Gasteiger charge is 2.32. The summed E-state index contributed by atoms with van der Waals surface area (Å²) in [6, 6.07) is 3.18. The third-order valence-corrected chi connectivity index (χ3v) is 4.67. The van der Waals surface area contributed by atoms with Crippen molar-refractivity contribution < 1.29 is 13.2 Å². The fourth-order valence-corrected chi connectivity index (χ4v) is 3.08. The molecule has 0 bridgehead atoms. The van der Waals surface area contributed by atoms with Crippen molar-refractivity contribution in [3.63, 3.8) is 0 Å². The summed E-state index contributed by atoms with van der Waals surface area (Å²) in [4.78, 5) is 12.9. The van der Waals surface area contributed by atoms with Crippen molar-refractivity contribution >= 4 is 11.2 Å². The summed E-state index contributed by atoms with van der Waals surface area (Å²) in [7, 11) is 1.75. The molecule has 0 atom stereocenters. The summed E-state index contributed by atoms with van der Waals surface area (Å²) < 4.78 is 40.4. The summed E-state index contributed by atoms with van der Waals surface area (Å²) in [5, 5.41) is 0. The van der Waals surface area contributed by atoms with Crippen LogP contribution in [0, 0.1) is 0 Å². The van der Waals surface area contributed by atoms with Gasteiger partial charge in [-0.3, -0.25) is 4.98 Å². The minimum absolute atomic E-state index is 0.224. The highest BCUT2D eigenvalue weighted by Crippen LogP contribution is 2.41. The standard InChI is InChI=1S/C18H17F3N4/c1-3-10-6-12(11-4-5-11)8-22-15(10)17-24-14-7-13(18(19,20)21)9-23-16(14)25(17)2/h6-9,11H,3-5H2,1-2H3. The Kier molecular flexibility index (Phi) is 3.56. The molecule has 0 spiro atoms. The number of fused-ring (bicyclic) bond motifs is 1. The van der Waals surface area contributed by atoms with Gasteiger partial charge in [0.15, 0.2) is 11.5 Å². The number of pyridine rings is 2. The van der Waals surface area contributed by atoms with Crippen molar-refractivity contribution in [2.75, 3.05) is 0 Å². The quantitative estimate of drug-likeness (QED) is 0.702. The molecule has 4 nitrogen and oxygen atoms in total. The van der Waals surface area contributed by atoms with E-state index in [1.807, 2.05) is 13.1 Å². The maximum absolute atomic E-state index is 12.9.